The van der Waals surface area contributed by atoms with Gasteiger partial charge in [0, 0.05) is 13.1 Å². The molecule has 0 saturated carbocycles. The van der Waals surface area contributed by atoms with Crippen LogP contribution in [0.3, 0.4) is 0 Å². The maximum absolute atomic E-state index is 12.0. The largest absolute Gasteiger partial charge is 0.574 e. The first-order chi connectivity index (χ1) is 8.46. The topological polar surface area (TPSA) is 53.4 Å². The normalized spacial score (nSPS) is 12.4. The van der Waals surface area contributed by atoms with Gasteiger partial charge in [-0.15, -0.1) is 18.3 Å². The Morgan fingerprint density at radius 3 is 2.42 bits per heavy atom. The van der Waals surface area contributed by atoms with Gasteiger partial charge in [0.25, 0.3) is 0 Å². The van der Waals surface area contributed by atoms with Crippen molar-refractivity contribution in [2.45, 2.75) is 39.2 Å². The molecule has 108 valence electrons. The van der Waals surface area contributed by atoms with Crippen LogP contribution >= 0.6 is 0 Å². The molecule has 0 spiro atoms. The summed E-state index contributed by atoms with van der Waals surface area (Å²) in [6.07, 6.45) is -4.99. The van der Waals surface area contributed by atoms with E-state index in [1.165, 1.54) is 7.05 Å². The minimum Gasteiger partial charge on any atom is -0.460 e. The zero-order valence-electron chi connectivity index (χ0n) is 11.0. The van der Waals surface area contributed by atoms with Crippen LogP contribution < -0.4 is 4.74 Å². The number of nitrogens with zero attached hydrogens (tertiary/aromatic N) is 2. The van der Waals surface area contributed by atoms with Gasteiger partial charge in [0.1, 0.15) is 5.60 Å². The van der Waals surface area contributed by atoms with E-state index < -0.39 is 23.8 Å². The molecule has 5 nitrogen and oxygen atoms in total. The molecule has 0 aliphatic heterocycles. The van der Waals surface area contributed by atoms with E-state index in [1.807, 2.05) is 0 Å². The summed E-state index contributed by atoms with van der Waals surface area (Å²) in [5.41, 5.74) is -0.380. The Hall–Kier alpha value is -1.73. The van der Waals surface area contributed by atoms with E-state index in [2.05, 4.69) is 9.84 Å². The second-order valence-corrected chi connectivity index (χ2v) is 4.91. The fourth-order valence-electron chi connectivity index (χ4n) is 1.34. The van der Waals surface area contributed by atoms with Crippen LogP contribution in [0, 0.1) is 0 Å². The highest BCUT2D eigenvalue weighted by atomic mass is 19.4. The molecular formula is C11H15F3N2O3. The summed E-state index contributed by atoms with van der Waals surface area (Å²) in [5.74, 6) is -1.15. The number of ether oxygens (including phenoxy) is 2. The molecule has 1 rings (SSSR count). The van der Waals surface area contributed by atoms with Crippen LogP contribution in [-0.4, -0.2) is 27.7 Å². The Bertz CT molecular complexity index is 461. The van der Waals surface area contributed by atoms with Crippen LogP contribution in [0.4, 0.5) is 13.2 Å². The zero-order chi connectivity index (χ0) is 14.8. The lowest BCUT2D eigenvalue weighted by Crippen LogP contribution is -2.25. The molecule has 1 aromatic rings. The van der Waals surface area contributed by atoms with Gasteiger partial charge in [0.2, 0.25) is 5.88 Å². The molecule has 0 N–H and O–H groups in total. The molecule has 0 amide bonds. The zero-order valence-corrected chi connectivity index (χ0v) is 11.0. The summed E-state index contributed by atoms with van der Waals surface area (Å²) < 4.78 is 45.9. The van der Waals surface area contributed by atoms with E-state index in [4.69, 9.17) is 4.74 Å². The van der Waals surface area contributed by atoms with Gasteiger partial charge in [-0.3, -0.25) is 9.48 Å². The van der Waals surface area contributed by atoms with Crippen molar-refractivity contribution in [3.8, 4) is 5.88 Å². The fourth-order valence-corrected chi connectivity index (χ4v) is 1.34. The first kappa shape index (κ1) is 15.3. The highest BCUT2D eigenvalue weighted by molar-refractivity contribution is 5.72. The summed E-state index contributed by atoms with van der Waals surface area (Å²) in [4.78, 5) is 11.5. The van der Waals surface area contributed by atoms with Crippen molar-refractivity contribution in [1.82, 2.24) is 9.78 Å². The van der Waals surface area contributed by atoms with Gasteiger partial charge in [-0.25, -0.2) is 0 Å². The summed E-state index contributed by atoms with van der Waals surface area (Å²) in [7, 11) is 1.42. The maximum atomic E-state index is 12.0. The van der Waals surface area contributed by atoms with Crippen molar-refractivity contribution < 1.29 is 27.4 Å². The van der Waals surface area contributed by atoms with Gasteiger partial charge in [-0.2, -0.15) is 0 Å². The Balaban J connectivity index is 2.72. The molecule has 0 fully saturated rings. The monoisotopic (exact) mass is 280 g/mol. The molecule has 0 saturated heterocycles. The number of aromatic nitrogens is 2. The number of alkyl halides is 3. The van der Waals surface area contributed by atoms with Crippen molar-refractivity contribution in [2.24, 2.45) is 7.05 Å². The molecule has 0 radical (unpaired) electrons. The van der Waals surface area contributed by atoms with Gasteiger partial charge in [-0.1, -0.05) is 0 Å². The molecule has 0 aliphatic carbocycles. The third kappa shape index (κ3) is 5.62. The van der Waals surface area contributed by atoms with E-state index >= 15 is 0 Å². The lowest BCUT2D eigenvalue weighted by atomic mass is 10.2. The minimum atomic E-state index is -4.81. The molecular weight excluding hydrogens is 265 g/mol. The quantitative estimate of drug-likeness (QED) is 0.796. The number of esters is 1. The molecule has 0 aliphatic rings. The molecule has 0 unspecified atom stereocenters. The van der Waals surface area contributed by atoms with Crippen molar-refractivity contribution in [3.63, 3.8) is 0 Å². The number of halogens is 3. The molecule has 0 atom stereocenters. The van der Waals surface area contributed by atoms with E-state index in [9.17, 15) is 18.0 Å². The van der Waals surface area contributed by atoms with Crippen LogP contribution in [-0.2, 0) is 23.0 Å². The number of rotatable bonds is 3. The van der Waals surface area contributed by atoms with Gasteiger partial charge in [0.15, 0.2) is 0 Å². The highest BCUT2D eigenvalue weighted by Crippen LogP contribution is 2.22. The van der Waals surface area contributed by atoms with Gasteiger partial charge in [-0.05, 0) is 20.8 Å². The van der Waals surface area contributed by atoms with E-state index in [0.717, 1.165) is 10.7 Å². The number of carbonyl (C=O) groups is 1. The summed E-state index contributed by atoms with van der Waals surface area (Å²) in [5, 5.41) is 3.51. The Morgan fingerprint density at radius 1 is 1.37 bits per heavy atom. The van der Waals surface area contributed by atoms with Crippen LogP contribution in [0.25, 0.3) is 0 Å². The average Bonchev–Trinajstić information content (AvgIpc) is 2.39. The second-order valence-electron chi connectivity index (χ2n) is 4.91. The fraction of sp³-hybridized carbons (Fsp3) is 0.636. The summed E-state index contributed by atoms with van der Waals surface area (Å²) in [6.45, 7) is 5.10. The first-order valence-electron chi connectivity index (χ1n) is 5.47. The predicted molar refractivity (Wildman–Crippen MR) is 59.4 cm³/mol. The third-order valence-corrected chi connectivity index (χ3v) is 1.92. The second kappa shape index (κ2) is 5.10. The number of hydrogen-bond acceptors (Lipinski definition) is 4. The van der Waals surface area contributed by atoms with Crippen LogP contribution in [0.5, 0.6) is 5.88 Å². The molecule has 1 heterocycles. The lowest BCUT2D eigenvalue weighted by molar-refractivity contribution is -0.276. The lowest BCUT2D eigenvalue weighted by Gasteiger charge is -2.19. The summed E-state index contributed by atoms with van der Waals surface area (Å²) >= 11 is 0. The SMILES string of the molecule is Cn1nc(OC(F)(F)F)cc1CC(=O)OC(C)(C)C. The van der Waals surface area contributed by atoms with Crippen molar-refractivity contribution in [1.29, 1.82) is 0 Å². The van der Waals surface area contributed by atoms with E-state index in [1.54, 1.807) is 20.8 Å². The number of aryl methyl sites for hydroxylation is 1. The maximum Gasteiger partial charge on any atom is 0.574 e. The number of hydrogen-bond donors (Lipinski definition) is 0. The molecule has 8 heteroatoms. The van der Waals surface area contributed by atoms with Crippen molar-refractivity contribution in [3.05, 3.63) is 11.8 Å². The van der Waals surface area contributed by atoms with Crippen LogP contribution in [0.2, 0.25) is 0 Å². The van der Waals surface area contributed by atoms with Gasteiger partial charge in [0.05, 0.1) is 12.1 Å². The average molecular weight is 280 g/mol. The molecule has 1 aromatic heterocycles. The molecule has 19 heavy (non-hydrogen) atoms. The third-order valence-electron chi connectivity index (χ3n) is 1.92. The Kier molecular flexibility index (Phi) is 4.12. The molecule has 0 aromatic carbocycles. The van der Waals surface area contributed by atoms with Crippen molar-refractivity contribution in [2.75, 3.05) is 0 Å². The van der Waals surface area contributed by atoms with Crippen LogP contribution in [0.1, 0.15) is 26.5 Å². The number of carbonyl (C=O) groups excluding carboxylic acids is 1. The van der Waals surface area contributed by atoms with Crippen LogP contribution in [0.15, 0.2) is 6.07 Å². The first-order valence-corrected chi connectivity index (χ1v) is 5.47. The van der Waals surface area contributed by atoms with E-state index in [-0.39, 0.29) is 12.1 Å². The van der Waals surface area contributed by atoms with E-state index in [0.29, 0.717) is 0 Å². The predicted octanol–water partition coefficient (Wildman–Crippen LogP) is 2.20. The standard InChI is InChI=1S/C11H15F3N2O3/c1-10(2,3)19-9(17)6-7-5-8(15-16(7)4)18-11(12,13)14/h5H,6H2,1-4H3. The van der Waals surface area contributed by atoms with Crippen molar-refractivity contribution >= 4 is 5.97 Å². The Morgan fingerprint density at radius 2 is 1.95 bits per heavy atom. The molecule has 0 bridgehead atoms. The highest BCUT2D eigenvalue weighted by Gasteiger charge is 2.32. The van der Waals surface area contributed by atoms with Gasteiger partial charge >= 0.3 is 12.3 Å². The smallest absolute Gasteiger partial charge is 0.460 e. The summed E-state index contributed by atoms with van der Waals surface area (Å²) in [6, 6.07) is 1.05. The Labute approximate surface area is 108 Å². The minimum absolute atomic E-state index is 0.179. The van der Waals surface area contributed by atoms with Gasteiger partial charge < -0.3 is 9.47 Å².